The molecule has 1 saturated heterocycles. The molecule has 150 valence electrons. The largest absolute Gasteiger partial charge is 0.496 e. The van der Waals surface area contributed by atoms with E-state index in [0.29, 0.717) is 0 Å². The number of likely N-dealkylation sites (tertiary alicyclic amines) is 1. The first kappa shape index (κ1) is 18.9. The van der Waals surface area contributed by atoms with E-state index >= 15 is 0 Å². The van der Waals surface area contributed by atoms with Gasteiger partial charge in [0.15, 0.2) is 0 Å². The average molecular weight is 394 g/mol. The number of rotatable bonds is 3. The maximum Gasteiger partial charge on any atom is 0.123 e. The van der Waals surface area contributed by atoms with Gasteiger partial charge in [-0.1, -0.05) is 84.5 Å². The van der Waals surface area contributed by atoms with E-state index in [1.807, 2.05) is 6.07 Å². The molecule has 3 aromatic carbocycles. The molecule has 2 heteroatoms. The summed E-state index contributed by atoms with van der Waals surface area (Å²) in [5, 5.41) is 0. The van der Waals surface area contributed by atoms with Crippen molar-refractivity contribution in [2.45, 2.75) is 19.4 Å². The number of piperidine rings is 1. The zero-order chi connectivity index (χ0) is 20.3. The van der Waals surface area contributed by atoms with E-state index in [2.05, 4.69) is 83.8 Å². The number of hydrogen-bond donors (Lipinski definition) is 0. The predicted octanol–water partition coefficient (Wildman–Crippen LogP) is 6.28. The van der Waals surface area contributed by atoms with Crippen LogP contribution < -0.4 is 4.74 Å². The Labute approximate surface area is 179 Å². The van der Waals surface area contributed by atoms with E-state index in [1.165, 1.54) is 33.4 Å². The molecule has 0 saturated carbocycles. The molecule has 2 aliphatic rings. The first-order valence-electron chi connectivity index (χ1n) is 10.8. The maximum atomic E-state index is 5.55. The standard InChI is InChI=1S/C28H27NO/c1-30-27-13-7-4-10-24(27)20-29-18-16-23(17-19-29)28-25-11-5-2-8-21(25)14-15-22-9-3-6-12-26(22)28/h2-15H,16-20H2,1H3. The van der Waals surface area contributed by atoms with Gasteiger partial charge in [0.05, 0.1) is 7.11 Å². The van der Waals surface area contributed by atoms with E-state index in [0.717, 1.165) is 38.2 Å². The lowest BCUT2D eigenvalue weighted by Gasteiger charge is -2.31. The zero-order valence-corrected chi connectivity index (χ0v) is 17.5. The van der Waals surface area contributed by atoms with E-state index in [9.17, 15) is 0 Å². The number of benzene rings is 3. The fourth-order valence-electron chi connectivity index (χ4n) is 4.75. The van der Waals surface area contributed by atoms with Gasteiger partial charge in [0.1, 0.15) is 5.75 Å². The third kappa shape index (κ3) is 3.59. The highest BCUT2D eigenvalue weighted by Crippen LogP contribution is 2.38. The van der Waals surface area contributed by atoms with Crippen LogP contribution in [0.1, 0.15) is 40.7 Å². The van der Waals surface area contributed by atoms with Crippen molar-refractivity contribution in [3.05, 3.63) is 106 Å². The van der Waals surface area contributed by atoms with Gasteiger partial charge >= 0.3 is 0 Å². The second kappa shape index (κ2) is 8.33. The minimum absolute atomic E-state index is 0.946. The minimum atomic E-state index is 0.946. The lowest BCUT2D eigenvalue weighted by molar-refractivity contribution is 0.245. The van der Waals surface area contributed by atoms with Crippen LogP contribution in [0.5, 0.6) is 5.75 Å². The molecule has 0 amide bonds. The molecule has 1 aliphatic carbocycles. The number of methoxy groups -OCH3 is 1. The normalized spacial score (nSPS) is 16.0. The summed E-state index contributed by atoms with van der Waals surface area (Å²) < 4.78 is 5.55. The van der Waals surface area contributed by atoms with Crippen LogP contribution in [0.4, 0.5) is 0 Å². The Kier molecular flexibility index (Phi) is 5.25. The van der Waals surface area contributed by atoms with Gasteiger partial charge < -0.3 is 4.74 Å². The molecule has 1 aliphatic heterocycles. The second-order valence-electron chi connectivity index (χ2n) is 8.07. The van der Waals surface area contributed by atoms with Crippen LogP contribution in [0.25, 0.3) is 17.7 Å². The van der Waals surface area contributed by atoms with Crippen molar-refractivity contribution in [2.75, 3.05) is 20.2 Å². The SMILES string of the molecule is COc1ccccc1CN1CCC(=C2c3ccccc3C=Cc3ccccc32)CC1. The highest BCUT2D eigenvalue weighted by Gasteiger charge is 2.22. The monoisotopic (exact) mass is 393 g/mol. The number of ether oxygens (including phenoxy) is 1. The lowest BCUT2D eigenvalue weighted by Crippen LogP contribution is -2.30. The molecule has 2 nitrogen and oxygen atoms in total. The summed E-state index contributed by atoms with van der Waals surface area (Å²) in [6, 6.07) is 26.0. The van der Waals surface area contributed by atoms with E-state index in [-0.39, 0.29) is 0 Å². The molecule has 1 heterocycles. The highest BCUT2D eigenvalue weighted by atomic mass is 16.5. The molecule has 5 rings (SSSR count). The van der Waals surface area contributed by atoms with Crippen molar-refractivity contribution in [1.82, 2.24) is 4.90 Å². The Balaban J connectivity index is 1.46. The van der Waals surface area contributed by atoms with Crippen LogP contribution in [0.15, 0.2) is 78.4 Å². The van der Waals surface area contributed by atoms with E-state index in [1.54, 1.807) is 12.7 Å². The Hall–Kier alpha value is -3.10. The first-order chi connectivity index (χ1) is 14.8. The summed E-state index contributed by atoms with van der Waals surface area (Å²) >= 11 is 0. The topological polar surface area (TPSA) is 12.5 Å². The molecule has 1 fully saturated rings. The molecule has 0 aromatic heterocycles. The number of fused-ring (bicyclic) bond motifs is 2. The maximum absolute atomic E-state index is 5.55. The fraction of sp³-hybridized carbons (Fsp3) is 0.214. The van der Waals surface area contributed by atoms with Crippen molar-refractivity contribution in [2.24, 2.45) is 0 Å². The molecular formula is C28H27NO. The van der Waals surface area contributed by atoms with Crippen LogP contribution in [0.2, 0.25) is 0 Å². The summed E-state index contributed by atoms with van der Waals surface area (Å²) in [6.45, 7) is 3.10. The molecule has 0 unspecified atom stereocenters. The van der Waals surface area contributed by atoms with E-state index < -0.39 is 0 Å². The van der Waals surface area contributed by atoms with Crippen molar-refractivity contribution in [1.29, 1.82) is 0 Å². The third-order valence-corrected chi connectivity index (χ3v) is 6.30. The van der Waals surface area contributed by atoms with Gasteiger partial charge in [-0.25, -0.2) is 0 Å². The quantitative estimate of drug-likeness (QED) is 0.406. The van der Waals surface area contributed by atoms with Gasteiger partial charge in [-0.15, -0.1) is 0 Å². The molecule has 0 bridgehead atoms. The summed E-state index contributed by atoms with van der Waals surface area (Å²) in [6.07, 6.45) is 6.73. The van der Waals surface area contributed by atoms with Gasteiger partial charge in [-0.05, 0) is 46.7 Å². The van der Waals surface area contributed by atoms with Crippen molar-refractivity contribution in [3.63, 3.8) is 0 Å². The van der Waals surface area contributed by atoms with Gasteiger partial charge in [-0.2, -0.15) is 0 Å². The number of para-hydroxylation sites is 1. The summed E-state index contributed by atoms with van der Waals surface area (Å²) in [5.41, 5.74) is 9.66. The van der Waals surface area contributed by atoms with Crippen molar-refractivity contribution >= 4 is 17.7 Å². The third-order valence-electron chi connectivity index (χ3n) is 6.30. The van der Waals surface area contributed by atoms with Crippen LogP contribution >= 0.6 is 0 Å². The van der Waals surface area contributed by atoms with Crippen LogP contribution in [-0.2, 0) is 6.54 Å². The van der Waals surface area contributed by atoms with Gasteiger partial charge in [0.2, 0.25) is 0 Å². The first-order valence-corrected chi connectivity index (χ1v) is 10.8. The number of nitrogens with zero attached hydrogens (tertiary/aromatic N) is 1. The van der Waals surface area contributed by atoms with Gasteiger partial charge in [-0.3, -0.25) is 4.90 Å². The van der Waals surface area contributed by atoms with Crippen LogP contribution in [0.3, 0.4) is 0 Å². The Morgan fingerprint density at radius 3 is 1.93 bits per heavy atom. The molecule has 0 atom stereocenters. The molecule has 0 spiro atoms. The highest BCUT2D eigenvalue weighted by molar-refractivity contribution is 5.94. The minimum Gasteiger partial charge on any atom is -0.496 e. The predicted molar refractivity (Wildman–Crippen MR) is 125 cm³/mol. The summed E-state index contributed by atoms with van der Waals surface area (Å²) in [4.78, 5) is 2.55. The van der Waals surface area contributed by atoms with Crippen LogP contribution in [-0.4, -0.2) is 25.1 Å². The Bertz CT molecular complexity index is 1060. The van der Waals surface area contributed by atoms with Crippen molar-refractivity contribution in [3.8, 4) is 5.75 Å². The Morgan fingerprint density at radius 1 is 0.733 bits per heavy atom. The second-order valence-corrected chi connectivity index (χ2v) is 8.07. The average Bonchev–Trinajstić information content (AvgIpc) is 2.97. The summed E-state index contributed by atoms with van der Waals surface area (Å²) in [7, 11) is 1.76. The molecule has 0 N–H and O–H groups in total. The fourth-order valence-corrected chi connectivity index (χ4v) is 4.75. The smallest absolute Gasteiger partial charge is 0.123 e. The zero-order valence-electron chi connectivity index (χ0n) is 17.5. The molecular weight excluding hydrogens is 366 g/mol. The van der Waals surface area contributed by atoms with E-state index in [4.69, 9.17) is 4.74 Å². The number of hydrogen-bond acceptors (Lipinski definition) is 2. The summed E-state index contributed by atoms with van der Waals surface area (Å²) in [5.74, 6) is 0.986. The van der Waals surface area contributed by atoms with Crippen LogP contribution in [0, 0.1) is 0 Å². The molecule has 30 heavy (non-hydrogen) atoms. The Morgan fingerprint density at radius 2 is 1.30 bits per heavy atom. The molecule has 3 aromatic rings. The lowest BCUT2D eigenvalue weighted by atomic mass is 9.86. The van der Waals surface area contributed by atoms with Gasteiger partial charge in [0.25, 0.3) is 0 Å². The van der Waals surface area contributed by atoms with Crippen molar-refractivity contribution < 1.29 is 4.74 Å². The molecule has 0 radical (unpaired) electrons. The van der Waals surface area contributed by atoms with Gasteiger partial charge in [0, 0.05) is 25.2 Å².